The fourth-order valence-electron chi connectivity index (χ4n) is 4.30. The van der Waals surface area contributed by atoms with E-state index in [2.05, 4.69) is 20.4 Å². The number of aryl methyl sites for hydroxylation is 1. The summed E-state index contributed by atoms with van der Waals surface area (Å²) >= 11 is 0. The summed E-state index contributed by atoms with van der Waals surface area (Å²) in [6.07, 6.45) is 9.18. The van der Waals surface area contributed by atoms with Crippen molar-refractivity contribution in [1.29, 1.82) is 0 Å². The molecule has 1 fully saturated rings. The van der Waals surface area contributed by atoms with Crippen LogP contribution in [0.3, 0.4) is 0 Å². The molecule has 150 valence electrons. The van der Waals surface area contributed by atoms with Gasteiger partial charge in [0.2, 0.25) is 11.9 Å². The summed E-state index contributed by atoms with van der Waals surface area (Å²) in [5, 5.41) is 7.57. The zero-order valence-corrected chi connectivity index (χ0v) is 16.1. The monoisotopic (exact) mass is 393 g/mol. The van der Waals surface area contributed by atoms with E-state index < -0.39 is 0 Å². The van der Waals surface area contributed by atoms with Crippen LogP contribution in [0.4, 0.5) is 5.82 Å². The van der Waals surface area contributed by atoms with Gasteiger partial charge in [-0.3, -0.25) is 14.6 Å². The van der Waals surface area contributed by atoms with Crippen molar-refractivity contribution in [3.05, 3.63) is 46.1 Å². The van der Waals surface area contributed by atoms with Crippen molar-refractivity contribution in [2.75, 3.05) is 5.32 Å². The maximum atomic E-state index is 12.8. The number of fused-ring (bicyclic) bond motifs is 1. The van der Waals surface area contributed by atoms with E-state index in [1.54, 1.807) is 24.5 Å². The van der Waals surface area contributed by atoms with Crippen LogP contribution in [0.2, 0.25) is 0 Å². The van der Waals surface area contributed by atoms with E-state index >= 15 is 0 Å². The number of rotatable bonds is 4. The quantitative estimate of drug-likeness (QED) is 0.708. The minimum absolute atomic E-state index is 0.00573. The predicted octanol–water partition coefficient (Wildman–Crippen LogP) is 3.22. The van der Waals surface area contributed by atoms with Crippen molar-refractivity contribution in [1.82, 2.24) is 19.7 Å². The normalized spacial score (nSPS) is 16.7. The molecule has 2 aliphatic rings. The largest absolute Gasteiger partial charge is 0.463 e. The highest BCUT2D eigenvalue weighted by atomic mass is 16.3. The van der Waals surface area contributed by atoms with Gasteiger partial charge in [0.1, 0.15) is 11.5 Å². The van der Waals surface area contributed by atoms with Crippen LogP contribution < -0.4 is 10.9 Å². The number of hydrogen-bond donors (Lipinski definition) is 2. The number of hydrogen-bond acceptors (Lipinski definition) is 5. The molecule has 0 aromatic carbocycles. The van der Waals surface area contributed by atoms with Crippen molar-refractivity contribution in [2.45, 2.75) is 51.4 Å². The smallest absolute Gasteiger partial charge is 0.255 e. The highest BCUT2D eigenvalue weighted by Gasteiger charge is 2.25. The van der Waals surface area contributed by atoms with Gasteiger partial charge in [0.05, 0.1) is 12.0 Å². The molecule has 0 unspecified atom stereocenters. The molecule has 0 bridgehead atoms. The van der Waals surface area contributed by atoms with Crippen LogP contribution in [0.5, 0.6) is 0 Å². The molecule has 3 heterocycles. The van der Waals surface area contributed by atoms with Gasteiger partial charge in [0.15, 0.2) is 5.76 Å². The first-order chi connectivity index (χ1) is 14.2. The van der Waals surface area contributed by atoms with Gasteiger partial charge in [0.25, 0.3) is 5.56 Å². The minimum atomic E-state index is -0.137. The van der Waals surface area contributed by atoms with Crippen LogP contribution in [-0.2, 0) is 17.6 Å². The van der Waals surface area contributed by atoms with Crippen molar-refractivity contribution in [2.24, 2.45) is 5.92 Å². The van der Waals surface area contributed by atoms with Crippen LogP contribution in [0.25, 0.3) is 17.4 Å². The third kappa shape index (κ3) is 3.39. The molecule has 1 saturated carbocycles. The Labute approximate surface area is 167 Å². The van der Waals surface area contributed by atoms with Crippen LogP contribution in [0.1, 0.15) is 49.8 Å². The van der Waals surface area contributed by atoms with Crippen LogP contribution in [0.15, 0.2) is 33.7 Å². The molecule has 0 radical (unpaired) electrons. The number of nitrogens with zero attached hydrogens (tertiary/aromatic N) is 3. The van der Waals surface area contributed by atoms with E-state index in [4.69, 9.17) is 4.42 Å². The van der Waals surface area contributed by atoms with Crippen LogP contribution in [0, 0.1) is 5.92 Å². The van der Waals surface area contributed by atoms with Gasteiger partial charge in [-0.15, -0.1) is 0 Å². The maximum Gasteiger partial charge on any atom is 0.255 e. The lowest BCUT2D eigenvalue weighted by Crippen LogP contribution is -2.26. The van der Waals surface area contributed by atoms with Gasteiger partial charge >= 0.3 is 0 Å². The number of furan rings is 1. The Morgan fingerprint density at radius 2 is 2.07 bits per heavy atom. The van der Waals surface area contributed by atoms with Crippen LogP contribution in [-0.4, -0.2) is 25.7 Å². The van der Waals surface area contributed by atoms with E-state index in [1.165, 1.54) is 11.1 Å². The molecule has 0 atom stereocenters. The van der Waals surface area contributed by atoms with Crippen LogP contribution >= 0.6 is 0 Å². The van der Waals surface area contributed by atoms with Gasteiger partial charge in [0, 0.05) is 17.5 Å². The molecule has 0 spiro atoms. The number of H-pyrrole nitrogens is 1. The summed E-state index contributed by atoms with van der Waals surface area (Å²) in [6.45, 7) is 0. The topological polar surface area (TPSA) is 106 Å². The summed E-state index contributed by atoms with van der Waals surface area (Å²) in [5.41, 5.74) is 1.99. The summed E-state index contributed by atoms with van der Waals surface area (Å²) in [4.78, 5) is 32.8. The third-order valence-electron chi connectivity index (χ3n) is 5.84. The second kappa shape index (κ2) is 7.35. The lowest BCUT2D eigenvalue weighted by Gasteiger charge is -2.20. The molecule has 8 heteroatoms. The SMILES string of the molecule is O=C(Nc1cc(-c2ccco2)nn1-c1nc2c(c(=O)[nH]1)CCC2)C1CCCCC1. The molecule has 29 heavy (non-hydrogen) atoms. The number of nitrogens with one attached hydrogen (secondary N) is 2. The first kappa shape index (κ1) is 17.9. The average molecular weight is 393 g/mol. The van der Waals surface area contributed by atoms with Gasteiger partial charge in [-0.25, -0.2) is 4.98 Å². The number of aromatic amines is 1. The summed E-state index contributed by atoms with van der Waals surface area (Å²) < 4.78 is 6.96. The molecule has 0 aliphatic heterocycles. The molecular formula is C21H23N5O3. The van der Waals surface area contributed by atoms with Gasteiger partial charge < -0.3 is 9.73 Å². The predicted molar refractivity (Wildman–Crippen MR) is 107 cm³/mol. The van der Waals surface area contributed by atoms with E-state index in [-0.39, 0.29) is 17.4 Å². The molecule has 3 aromatic heterocycles. The number of anilines is 1. The fourth-order valence-corrected chi connectivity index (χ4v) is 4.30. The van der Waals surface area contributed by atoms with Gasteiger partial charge in [-0.05, 0) is 44.2 Å². The summed E-state index contributed by atoms with van der Waals surface area (Å²) in [7, 11) is 0. The Morgan fingerprint density at radius 3 is 2.86 bits per heavy atom. The number of carbonyl (C=O) groups is 1. The first-order valence-electron chi connectivity index (χ1n) is 10.3. The number of carbonyl (C=O) groups excluding carboxylic acids is 1. The molecule has 0 saturated heterocycles. The molecule has 1 amide bonds. The second-order valence-electron chi connectivity index (χ2n) is 7.80. The molecule has 5 rings (SSSR count). The molecule has 2 aliphatic carbocycles. The molecule has 3 aromatic rings. The summed E-state index contributed by atoms with van der Waals surface area (Å²) in [6, 6.07) is 5.34. The zero-order chi connectivity index (χ0) is 19.8. The van der Waals surface area contributed by atoms with E-state index in [1.807, 2.05) is 0 Å². The summed E-state index contributed by atoms with van der Waals surface area (Å²) in [5.74, 6) is 1.37. The van der Waals surface area contributed by atoms with E-state index in [9.17, 15) is 9.59 Å². The number of amides is 1. The Kier molecular flexibility index (Phi) is 4.54. The Morgan fingerprint density at radius 1 is 1.21 bits per heavy atom. The lowest BCUT2D eigenvalue weighted by atomic mass is 9.89. The van der Waals surface area contributed by atoms with Crippen molar-refractivity contribution in [3.8, 4) is 17.4 Å². The molecule has 8 nitrogen and oxygen atoms in total. The van der Waals surface area contributed by atoms with Crippen molar-refractivity contribution >= 4 is 11.7 Å². The van der Waals surface area contributed by atoms with Gasteiger partial charge in [-0.1, -0.05) is 19.3 Å². The fraction of sp³-hybridized carbons (Fsp3) is 0.429. The standard InChI is InChI=1S/C21H23N5O3/c27-19(13-6-2-1-3-7-13)23-18-12-16(17-10-5-11-29-17)25-26(18)21-22-15-9-4-8-14(15)20(28)24-21/h5,10-13H,1-4,6-9H2,(H,23,27)(H,22,24,28). The van der Waals surface area contributed by atoms with E-state index in [0.29, 0.717) is 23.2 Å². The second-order valence-corrected chi connectivity index (χ2v) is 7.80. The third-order valence-corrected chi connectivity index (χ3v) is 5.84. The van der Waals surface area contributed by atoms with E-state index in [0.717, 1.165) is 56.2 Å². The first-order valence-corrected chi connectivity index (χ1v) is 10.3. The molecule has 2 N–H and O–H groups in total. The van der Waals surface area contributed by atoms with Crippen molar-refractivity contribution < 1.29 is 9.21 Å². The Hall–Kier alpha value is -3.16. The maximum absolute atomic E-state index is 12.8. The highest BCUT2D eigenvalue weighted by molar-refractivity contribution is 5.92. The highest BCUT2D eigenvalue weighted by Crippen LogP contribution is 2.28. The van der Waals surface area contributed by atoms with Gasteiger partial charge in [-0.2, -0.15) is 9.78 Å². The lowest BCUT2D eigenvalue weighted by molar-refractivity contribution is -0.120. The van der Waals surface area contributed by atoms with Crippen molar-refractivity contribution in [3.63, 3.8) is 0 Å². The Balaban J connectivity index is 1.54. The minimum Gasteiger partial charge on any atom is -0.463 e. The Bertz CT molecular complexity index is 1090. The zero-order valence-electron chi connectivity index (χ0n) is 16.1. The number of aromatic nitrogens is 4. The molecular weight excluding hydrogens is 370 g/mol. The average Bonchev–Trinajstić information content (AvgIpc) is 3.49.